The summed E-state index contributed by atoms with van der Waals surface area (Å²) in [4.78, 5) is 7.85. The number of rotatable bonds is 23. The summed E-state index contributed by atoms with van der Waals surface area (Å²) in [6, 6.07) is 0. The second-order valence-electron chi connectivity index (χ2n) is 8.78. The van der Waals surface area contributed by atoms with E-state index in [1.165, 1.54) is 136 Å². The molecule has 29 heavy (non-hydrogen) atoms. The van der Waals surface area contributed by atoms with Gasteiger partial charge in [0, 0.05) is 26.2 Å². The van der Waals surface area contributed by atoms with Crippen molar-refractivity contribution in [3.8, 4) is 0 Å². The Hall–Kier alpha value is -0.120. The lowest BCUT2D eigenvalue weighted by molar-refractivity contribution is 0.183. The lowest BCUT2D eigenvalue weighted by atomic mass is 10.1. The molecular weight excluding hydrogens is 354 g/mol. The molecule has 0 heterocycles. The Kier molecular flexibility index (Phi) is 22.5. The molecule has 0 spiro atoms. The zero-order valence-electron chi connectivity index (χ0n) is 21.2. The van der Waals surface area contributed by atoms with Gasteiger partial charge in [0.05, 0.1) is 0 Å². The van der Waals surface area contributed by atoms with E-state index in [4.69, 9.17) is 0 Å². The van der Waals surface area contributed by atoms with Gasteiger partial charge < -0.3 is 14.7 Å². The van der Waals surface area contributed by atoms with Crippen molar-refractivity contribution < 1.29 is 0 Å². The van der Waals surface area contributed by atoms with E-state index in [9.17, 15) is 0 Å². The van der Waals surface area contributed by atoms with E-state index in [0.29, 0.717) is 0 Å². The summed E-state index contributed by atoms with van der Waals surface area (Å²) < 4.78 is 0. The molecule has 0 rings (SSSR count). The number of unbranched alkanes of at least 4 members (excludes halogenated alkanes) is 11. The molecule has 176 valence electrons. The molecule has 3 heteroatoms. The normalized spacial score (nSPS) is 12.0. The van der Waals surface area contributed by atoms with Gasteiger partial charge in [-0.1, -0.05) is 105 Å². The van der Waals surface area contributed by atoms with Crippen molar-refractivity contribution in [3.05, 3.63) is 0 Å². The van der Waals surface area contributed by atoms with Gasteiger partial charge in [-0.2, -0.15) is 0 Å². The van der Waals surface area contributed by atoms with E-state index in [0.717, 1.165) is 0 Å². The fourth-order valence-corrected chi connectivity index (χ4v) is 4.16. The molecule has 0 unspecified atom stereocenters. The first-order valence-corrected chi connectivity index (χ1v) is 13.4. The largest absolute Gasteiger partial charge is 0.303 e. The van der Waals surface area contributed by atoms with E-state index >= 15 is 0 Å². The molecule has 0 fully saturated rings. The maximum atomic E-state index is 2.73. The molecular formula is C26H57N3. The first kappa shape index (κ1) is 28.9. The Morgan fingerprint density at radius 3 is 0.966 bits per heavy atom. The topological polar surface area (TPSA) is 9.72 Å². The third-order valence-electron chi connectivity index (χ3n) is 6.58. The summed E-state index contributed by atoms with van der Waals surface area (Å²) in [7, 11) is 0. The van der Waals surface area contributed by atoms with Crippen molar-refractivity contribution in [2.45, 2.75) is 112 Å². The zero-order valence-corrected chi connectivity index (χ0v) is 21.2. The molecule has 0 amide bonds. The van der Waals surface area contributed by atoms with Gasteiger partial charge in [-0.05, 0) is 39.1 Å². The van der Waals surface area contributed by atoms with Crippen LogP contribution in [0.15, 0.2) is 0 Å². The minimum absolute atomic E-state index is 1.18. The highest BCUT2D eigenvalue weighted by atomic mass is 15.2. The summed E-state index contributed by atoms with van der Waals surface area (Å²) in [6.45, 7) is 22.4. The van der Waals surface area contributed by atoms with E-state index in [1.54, 1.807) is 0 Å². The first-order chi connectivity index (χ1) is 14.2. The van der Waals surface area contributed by atoms with Gasteiger partial charge in [-0.3, -0.25) is 0 Å². The van der Waals surface area contributed by atoms with Crippen LogP contribution < -0.4 is 0 Å². The van der Waals surface area contributed by atoms with E-state index in [1.807, 2.05) is 0 Å². The van der Waals surface area contributed by atoms with E-state index < -0.39 is 0 Å². The maximum absolute atomic E-state index is 2.73. The van der Waals surface area contributed by atoms with Crippen LogP contribution in [-0.2, 0) is 0 Å². The first-order valence-electron chi connectivity index (χ1n) is 13.4. The Morgan fingerprint density at radius 1 is 0.310 bits per heavy atom. The SMILES string of the molecule is CCCCCCCCCCCCCCN(CCN(CC)CC)CCN(CC)CC. The summed E-state index contributed by atoms with van der Waals surface area (Å²) in [5, 5.41) is 0. The molecule has 0 N–H and O–H groups in total. The maximum Gasteiger partial charge on any atom is 0.0110 e. The van der Waals surface area contributed by atoms with Gasteiger partial charge >= 0.3 is 0 Å². The van der Waals surface area contributed by atoms with Gasteiger partial charge in [0.2, 0.25) is 0 Å². The molecule has 0 atom stereocenters. The highest BCUT2D eigenvalue weighted by Gasteiger charge is 2.09. The van der Waals surface area contributed by atoms with Crippen LogP contribution in [0.4, 0.5) is 0 Å². The molecule has 0 aliphatic carbocycles. The molecule has 0 aromatic carbocycles. The molecule has 0 aromatic rings. The van der Waals surface area contributed by atoms with Crippen molar-refractivity contribution in [2.75, 3.05) is 58.9 Å². The van der Waals surface area contributed by atoms with Gasteiger partial charge in [-0.15, -0.1) is 0 Å². The van der Waals surface area contributed by atoms with Crippen molar-refractivity contribution in [2.24, 2.45) is 0 Å². The fraction of sp³-hybridized carbons (Fsp3) is 1.00. The van der Waals surface area contributed by atoms with Crippen LogP contribution in [0, 0.1) is 0 Å². The Bertz CT molecular complexity index is 284. The van der Waals surface area contributed by atoms with Crippen LogP contribution in [-0.4, -0.2) is 73.6 Å². The second kappa shape index (κ2) is 22.6. The Morgan fingerprint density at radius 2 is 0.621 bits per heavy atom. The molecule has 0 saturated heterocycles. The van der Waals surface area contributed by atoms with Crippen molar-refractivity contribution in [3.63, 3.8) is 0 Å². The van der Waals surface area contributed by atoms with Crippen LogP contribution in [0.1, 0.15) is 112 Å². The van der Waals surface area contributed by atoms with Gasteiger partial charge in [0.15, 0.2) is 0 Å². The van der Waals surface area contributed by atoms with Crippen molar-refractivity contribution in [1.82, 2.24) is 14.7 Å². The average Bonchev–Trinajstić information content (AvgIpc) is 2.75. The number of likely N-dealkylation sites (N-methyl/N-ethyl adjacent to an activating group) is 2. The van der Waals surface area contributed by atoms with Crippen LogP contribution >= 0.6 is 0 Å². The van der Waals surface area contributed by atoms with Crippen LogP contribution in [0.3, 0.4) is 0 Å². The number of nitrogens with zero attached hydrogens (tertiary/aromatic N) is 3. The summed E-state index contributed by atoms with van der Waals surface area (Å²) in [6.07, 6.45) is 17.3. The Balaban J connectivity index is 3.85. The van der Waals surface area contributed by atoms with Gasteiger partial charge in [0.25, 0.3) is 0 Å². The number of hydrogen-bond acceptors (Lipinski definition) is 3. The highest BCUT2D eigenvalue weighted by Crippen LogP contribution is 2.12. The summed E-state index contributed by atoms with van der Waals surface area (Å²) in [5.41, 5.74) is 0. The van der Waals surface area contributed by atoms with Crippen LogP contribution in [0.5, 0.6) is 0 Å². The monoisotopic (exact) mass is 411 g/mol. The smallest absolute Gasteiger partial charge is 0.0110 e. The molecule has 3 nitrogen and oxygen atoms in total. The fourth-order valence-electron chi connectivity index (χ4n) is 4.16. The summed E-state index contributed by atoms with van der Waals surface area (Å²) in [5.74, 6) is 0. The van der Waals surface area contributed by atoms with E-state index in [2.05, 4.69) is 49.3 Å². The molecule has 0 bridgehead atoms. The molecule has 0 aliphatic heterocycles. The zero-order chi connectivity index (χ0) is 21.6. The van der Waals surface area contributed by atoms with Crippen molar-refractivity contribution in [1.29, 1.82) is 0 Å². The molecule has 0 aromatic heterocycles. The lowest BCUT2D eigenvalue weighted by Crippen LogP contribution is -2.40. The molecule has 0 radical (unpaired) electrons. The molecule has 0 saturated carbocycles. The predicted octanol–water partition coefficient (Wildman–Crippen LogP) is 6.67. The lowest BCUT2D eigenvalue weighted by Gasteiger charge is -2.28. The van der Waals surface area contributed by atoms with Crippen molar-refractivity contribution >= 4 is 0 Å². The Labute approximate surface area is 185 Å². The average molecular weight is 412 g/mol. The quantitative estimate of drug-likeness (QED) is 0.174. The standard InChI is InChI=1S/C26H57N3/c1-6-11-12-13-14-15-16-17-18-19-20-21-22-29(25-23-27(7-2)8-3)26-24-28(9-4)10-5/h6-26H2,1-5H3. The minimum Gasteiger partial charge on any atom is -0.303 e. The van der Waals surface area contributed by atoms with Gasteiger partial charge in [-0.25, -0.2) is 0 Å². The number of hydrogen-bond donors (Lipinski definition) is 0. The predicted molar refractivity (Wildman–Crippen MR) is 133 cm³/mol. The second-order valence-corrected chi connectivity index (χ2v) is 8.78. The molecule has 0 aliphatic rings. The van der Waals surface area contributed by atoms with Crippen LogP contribution in [0.25, 0.3) is 0 Å². The third kappa shape index (κ3) is 18.4. The third-order valence-corrected chi connectivity index (χ3v) is 6.58. The van der Waals surface area contributed by atoms with Crippen LogP contribution in [0.2, 0.25) is 0 Å². The van der Waals surface area contributed by atoms with E-state index in [-0.39, 0.29) is 0 Å². The van der Waals surface area contributed by atoms with Gasteiger partial charge in [0.1, 0.15) is 0 Å². The highest BCUT2D eigenvalue weighted by molar-refractivity contribution is 4.65. The minimum atomic E-state index is 1.18. The summed E-state index contributed by atoms with van der Waals surface area (Å²) >= 11 is 0.